The van der Waals surface area contributed by atoms with E-state index in [1.807, 2.05) is 25.1 Å². The Kier molecular flexibility index (Phi) is 5.16. The van der Waals surface area contributed by atoms with Crippen LogP contribution >= 0.6 is 0 Å². The van der Waals surface area contributed by atoms with Gasteiger partial charge in [-0.15, -0.1) is 0 Å². The quantitative estimate of drug-likeness (QED) is 0.768. The van der Waals surface area contributed by atoms with Gasteiger partial charge in [0.2, 0.25) is 0 Å². The first kappa shape index (κ1) is 15.4. The molecule has 4 nitrogen and oxygen atoms in total. The first-order chi connectivity index (χ1) is 9.54. The molecule has 0 spiro atoms. The smallest absolute Gasteiger partial charge is 0.108 e. The molecule has 0 radical (unpaired) electrons. The van der Waals surface area contributed by atoms with Crippen molar-refractivity contribution >= 4 is 0 Å². The van der Waals surface area contributed by atoms with Crippen molar-refractivity contribution in [2.24, 2.45) is 0 Å². The zero-order valence-corrected chi connectivity index (χ0v) is 12.2. The van der Waals surface area contributed by atoms with E-state index in [1.54, 1.807) is 0 Å². The Morgan fingerprint density at radius 3 is 2.40 bits per heavy atom. The van der Waals surface area contributed by atoms with E-state index in [1.165, 1.54) is 5.56 Å². The lowest BCUT2D eigenvalue weighted by atomic mass is 9.90. The molecular weight excluding hydrogens is 254 g/mol. The maximum atomic E-state index is 10.1. The zero-order chi connectivity index (χ0) is 14.7. The molecule has 4 heteroatoms. The van der Waals surface area contributed by atoms with Crippen LogP contribution in [0.15, 0.2) is 30.3 Å². The Balaban J connectivity index is 2.07. The van der Waals surface area contributed by atoms with Crippen LogP contribution in [0.4, 0.5) is 0 Å². The van der Waals surface area contributed by atoms with Gasteiger partial charge in [-0.05, 0) is 17.9 Å². The van der Waals surface area contributed by atoms with E-state index in [9.17, 15) is 15.3 Å². The van der Waals surface area contributed by atoms with Crippen LogP contribution in [0.25, 0.3) is 0 Å². The minimum Gasteiger partial charge on any atom is -0.389 e. The van der Waals surface area contributed by atoms with Crippen LogP contribution in [0.3, 0.4) is 0 Å². The van der Waals surface area contributed by atoms with Gasteiger partial charge in [0.25, 0.3) is 0 Å². The molecule has 2 rings (SSSR count). The van der Waals surface area contributed by atoms with Gasteiger partial charge in [0.05, 0.1) is 12.2 Å². The van der Waals surface area contributed by atoms with Gasteiger partial charge in [-0.2, -0.15) is 0 Å². The molecule has 1 aliphatic heterocycles. The minimum atomic E-state index is -1.04. The number of likely N-dealkylation sites (tertiary alicyclic amines) is 1. The number of rotatable bonds is 4. The Bertz CT molecular complexity index is 411. The monoisotopic (exact) mass is 279 g/mol. The van der Waals surface area contributed by atoms with Gasteiger partial charge in [0.1, 0.15) is 6.10 Å². The van der Waals surface area contributed by atoms with Crippen LogP contribution in [0.5, 0.6) is 0 Å². The first-order valence-corrected chi connectivity index (χ1v) is 7.37. The summed E-state index contributed by atoms with van der Waals surface area (Å²) in [6.45, 7) is 5.32. The molecule has 1 aliphatic rings. The fourth-order valence-electron chi connectivity index (χ4n) is 3.10. The number of hydrogen-bond acceptors (Lipinski definition) is 4. The summed E-state index contributed by atoms with van der Waals surface area (Å²) in [5.74, 6) is 0.319. The lowest BCUT2D eigenvalue weighted by Gasteiger charge is -2.44. The average molecular weight is 279 g/mol. The third-order valence-corrected chi connectivity index (χ3v) is 4.32. The van der Waals surface area contributed by atoms with Gasteiger partial charge in [0.15, 0.2) is 0 Å². The van der Waals surface area contributed by atoms with Gasteiger partial charge in [-0.1, -0.05) is 44.2 Å². The highest BCUT2D eigenvalue weighted by Gasteiger charge is 2.40. The second-order valence-electron chi connectivity index (χ2n) is 5.79. The van der Waals surface area contributed by atoms with E-state index < -0.39 is 18.3 Å². The van der Waals surface area contributed by atoms with Crippen LogP contribution in [0.1, 0.15) is 31.7 Å². The molecule has 1 saturated heterocycles. The fourth-order valence-corrected chi connectivity index (χ4v) is 3.10. The van der Waals surface area contributed by atoms with E-state index in [0.717, 1.165) is 13.0 Å². The van der Waals surface area contributed by atoms with Crippen molar-refractivity contribution in [2.45, 2.75) is 50.5 Å². The van der Waals surface area contributed by atoms with Crippen molar-refractivity contribution in [1.82, 2.24) is 4.90 Å². The molecule has 0 amide bonds. The molecule has 0 aliphatic carbocycles. The van der Waals surface area contributed by atoms with Crippen molar-refractivity contribution in [3.05, 3.63) is 35.9 Å². The van der Waals surface area contributed by atoms with Crippen LogP contribution in [0, 0.1) is 0 Å². The third-order valence-electron chi connectivity index (χ3n) is 4.32. The highest BCUT2D eigenvalue weighted by Crippen LogP contribution is 2.25. The van der Waals surface area contributed by atoms with E-state index in [4.69, 9.17) is 0 Å². The van der Waals surface area contributed by atoms with E-state index in [0.29, 0.717) is 12.5 Å². The molecule has 20 heavy (non-hydrogen) atoms. The molecule has 112 valence electrons. The molecule has 1 heterocycles. The Morgan fingerprint density at radius 2 is 1.80 bits per heavy atom. The highest BCUT2D eigenvalue weighted by molar-refractivity contribution is 5.19. The molecule has 0 aromatic heterocycles. The summed E-state index contributed by atoms with van der Waals surface area (Å²) >= 11 is 0. The van der Waals surface area contributed by atoms with Crippen molar-refractivity contribution in [3.8, 4) is 0 Å². The topological polar surface area (TPSA) is 63.9 Å². The molecule has 1 aromatic carbocycles. The number of aliphatic hydroxyl groups excluding tert-OH is 3. The van der Waals surface area contributed by atoms with Gasteiger partial charge in [0, 0.05) is 19.1 Å². The Hall–Kier alpha value is -0.940. The molecule has 3 N–H and O–H groups in total. The standard InChI is InChI=1S/C16H25NO3/c1-3-13-15(19)16(20)14(18)10-17(13)9-11(2)12-7-5-4-6-8-12/h4-8,11,13-16,18-20H,3,9-10H2,1-2H3/t11-,13-,14-,15+,16+/m0/s1. The molecule has 0 saturated carbocycles. The lowest BCUT2D eigenvalue weighted by molar-refractivity contribution is -0.138. The van der Waals surface area contributed by atoms with Gasteiger partial charge >= 0.3 is 0 Å². The molecule has 0 unspecified atom stereocenters. The van der Waals surface area contributed by atoms with Crippen LogP contribution in [-0.4, -0.2) is 57.7 Å². The summed E-state index contributed by atoms with van der Waals surface area (Å²) in [4.78, 5) is 2.10. The number of hydrogen-bond donors (Lipinski definition) is 3. The average Bonchev–Trinajstić information content (AvgIpc) is 2.46. The summed E-state index contributed by atoms with van der Waals surface area (Å²) in [7, 11) is 0. The van der Waals surface area contributed by atoms with Gasteiger partial charge in [-0.25, -0.2) is 0 Å². The fraction of sp³-hybridized carbons (Fsp3) is 0.625. The summed E-state index contributed by atoms with van der Waals surface area (Å²) in [5, 5.41) is 29.8. The van der Waals surface area contributed by atoms with Crippen molar-refractivity contribution in [1.29, 1.82) is 0 Å². The second-order valence-corrected chi connectivity index (χ2v) is 5.79. The molecule has 5 atom stereocenters. The summed E-state index contributed by atoms with van der Waals surface area (Å²) in [5.41, 5.74) is 1.25. The highest BCUT2D eigenvalue weighted by atomic mass is 16.4. The summed E-state index contributed by atoms with van der Waals surface area (Å²) in [6.07, 6.45) is -2.04. The normalized spacial score (nSPS) is 33.0. The van der Waals surface area contributed by atoms with Crippen LogP contribution < -0.4 is 0 Å². The molecule has 1 fully saturated rings. The number of aliphatic hydroxyl groups is 3. The van der Waals surface area contributed by atoms with Gasteiger partial charge in [-0.3, -0.25) is 4.90 Å². The van der Waals surface area contributed by atoms with Crippen molar-refractivity contribution < 1.29 is 15.3 Å². The predicted molar refractivity (Wildman–Crippen MR) is 78.5 cm³/mol. The first-order valence-electron chi connectivity index (χ1n) is 7.37. The summed E-state index contributed by atoms with van der Waals surface area (Å²) < 4.78 is 0. The minimum absolute atomic E-state index is 0.0976. The van der Waals surface area contributed by atoms with Crippen LogP contribution in [0.2, 0.25) is 0 Å². The molecular formula is C16H25NO3. The second kappa shape index (κ2) is 6.68. The van der Waals surface area contributed by atoms with Crippen molar-refractivity contribution in [3.63, 3.8) is 0 Å². The number of nitrogens with zero attached hydrogens (tertiary/aromatic N) is 1. The van der Waals surface area contributed by atoms with E-state index in [-0.39, 0.29) is 6.04 Å². The SMILES string of the molecule is CC[C@H]1[C@@H](O)[C@H](O)[C@@H](O)CN1C[C@H](C)c1ccccc1. The largest absolute Gasteiger partial charge is 0.389 e. The van der Waals surface area contributed by atoms with E-state index >= 15 is 0 Å². The summed E-state index contributed by atoms with van der Waals surface area (Å²) in [6, 6.07) is 10.1. The van der Waals surface area contributed by atoms with E-state index in [2.05, 4.69) is 24.0 Å². The molecule has 1 aromatic rings. The zero-order valence-electron chi connectivity index (χ0n) is 12.2. The number of β-amino-alcohol motifs (C(OH)–C–C–N with tert-alkyl or cyclic N) is 1. The van der Waals surface area contributed by atoms with Gasteiger partial charge < -0.3 is 15.3 Å². The lowest BCUT2D eigenvalue weighted by Crippen LogP contribution is -2.61. The number of piperidine rings is 1. The van der Waals surface area contributed by atoms with Crippen LogP contribution in [-0.2, 0) is 0 Å². The predicted octanol–water partition coefficient (Wildman–Crippen LogP) is 0.967. The van der Waals surface area contributed by atoms with Crippen molar-refractivity contribution in [2.75, 3.05) is 13.1 Å². The maximum absolute atomic E-state index is 10.1. The maximum Gasteiger partial charge on any atom is 0.108 e. The Labute approximate surface area is 120 Å². The third kappa shape index (κ3) is 3.20. The molecule has 0 bridgehead atoms. The number of benzene rings is 1. The Morgan fingerprint density at radius 1 is 1.15 bits per heavy atom.